The summed E-state index contributed by atoms with van der Waals surface area (Å²) in [4.78, 5) is 10.1. The molecule has 118 valence electrons. The number of hydrogen-bond donors (Lipinski definition) is 0. The first-order valence-corrected chi connectivity index (χ1v) is 9.05. The molecular formula is C11H15ClN2O5S2. The van der Waals surface area contributed by atoms with Crippen molar-refractivity contribution in [2.75, 3.05) is 19.7 Å². The van der Waals surface area contributed by atoms with Crippen LogP contribution in [0.4, 0.5) is 5.69 Å². The van der Waals surface area contributed by atoms with Crippen LogP contribution in [-0.4, -0.2) is 43.4 Å². The maximum Gasteiger partial charge on any atom is 0.300 e. The number of nitrogens with zero attached hydrogens (tertiary/aromatic N) is 2. The quantitative estimate of drug-likeness (QED) is 0.598. The number of thiophene rings is 1. The number of sulfonamides is 1. The molecule has 1 aromatic heterocycles. The van der Waals surface area contributed by atoms with Gasteiger partial charge in [0.1, 0.15) is 4.21 Å². The minimum absolute atomic E-state index is 0.0720. The summed E-state index contributed by atoms with van der Waals surface area (Å²) in [6.07, 6.45) is 1.31. The molecule has 0 atom stereocenters. The van der Waals surface area contributed by atoms with Gasteiger partial charge in [0.25, 0.3) is 15.7 Å². The standard InChI is InChI=1S/C11H15ClN2O5S2/c1-2-19-8-3-5-13(6-4-8)21(17,18)10-7-9(14(15)16)11(12)20-10/h7-8H,2-6H2,1H3. The van der Waals surface area contributed by atoms with Crippen molar-refractivity contribution in [3.05, 3.63) is 20.5 Å². The molecule has 0 N–H and O–H groups in total. The maximum atomic E-state index is 12.5. The fraction of sp³-hybridized carbons (Fsp3) is 0.636. The second-order valence-corrected chi connectivity index (χ2v) is 8.36. The molecule has 7 nitrogen and oxygen atoms in total. The molecule has 1 aliphatic heterocycles. The van der Waals surface area contributed by atoms with Gasteiger partial charge in [0.2, 0.25) is 0 Å². The molecule has 10 heteroatoms. The third-order valence-electron chi connectivity index (χ3n) is 3.24. The SMILES string of the molecule is CCOC1CCN(S(=O)(=O)c2cc([N+](=O)[O-])c(Cl)s2)CC1. The molecule has 0 radical (unpaired) electrons. The Morgan fingerprint density at radius 1 is 1.52 bits per heavy atom. The van der Waals surface area contributed by atoms with E-state index < -0.39 is 14.9 Å². The van der Waals surface area contributed by atoms with Gasteiger partial charge in [0, 0.05) is 25.8 Å². The van der Waals surface area contributed by atoms with E-state index in [1.165, 1.54) is 4.31 Å². The molecule has 2 heterocycles. The van der Waals surface area contributed by atoms with E-state index >= 15 is 0 Å². The van der Waals surface area contributed by atoms with Gasteiger partial charge in [-0.15, -0.1) is 11.3 Å². The Labute approximate surface area is 131 Å². The second kappa shape index (κ2) is 6.57. The van der Waals surface area contributed by atoms with E-state index in [0.717, 1.165) is 17.4 Å². The summed E-state index contributed by atoms with van der Waals surface area (Å²) >= 11 is 6.44. The van der Waals surface area contributed by atoms with Crippen molar-refractivity contribution in [2.45, 2.75) is 30.1 Å². The van der Waals surface area contributed by atoms with Crippen LogP contribution >= 0.6 is 22.9 Å². The number of halogens is 1. The molecular weight excluding hydrogens is 340 g/mol. The Morgan fingerprint density at radius 3 is 2.62 bits per heavy atom. The molecule has 1 saturated heterocycles. The van der Waals surface area contributed by atoms with Crippen molar-refractivity contribution in [1.29, 1.82) is 0 Å². The Hall–Kier alpha value is -0.740. The fourth-order valence-corrected chi connectivity index (χ4v) is 5.48. The predicted molar refractivity (Wildman–Crippen MR) is 79.4 cm³/mol. The summed E-state index contributed by atoms with van der Waals surface area (Å²) in [5, 5.41) is 10.8. The lowest BCUT2D eigenvalue weighted by molar-refractivity contribution is -0.384. The molecule has 0 amide bonds. The summed E-state index contributed by atoms with van der Waals surface area (Å²) in [6.45, 7) is 3.19. The summed E-state index contributed by atoms with van der Waals surface area (Å²) < 4.78 is 31.5. The van der Waals surface area contributed by atoms with Crippen molar-refractivity contribution >= 4 is 38.6 Å². The van der Waals surface area contributed by atoms with Gasteiger partial charge < -0.3 is 4.74 Å². The van der Waals surface area contributed by atoms with E-state index in [0.29, 0.717) is 32.5 Å². The summed E-state index contributed by atoms with van der Waals surface area (Å²) in [5.41, 5.74) is -0.371. The van der Waals surface area contributed by atoms with E-state index in [-0.39, 0.29) is 20.3 Å². The van der Waals surface area contributed by atoms with Gasteiger partial charge in [-0.2, -0.15) is 4.31 Å². The highest BCUT2D eigenvalue weighted by atomic mass is 35.5. The van der Waals surface area contributed by atoms with Crippen LogP contribution in [-0.2, 0) is 14.8 Å². The van der Waals surface area contributed by atoms with Crippen molar-refractivity contribution in [3.8, 4) is 0 Å². The van der Waals surface area contributed by atoms with Gasteiger partial charge in [-0.25, -0.2) is 8.42 Å². The van der Waals surface area contributed by atoms with Crippen LogP contribution in [0.5, 0.6) is 0 Å². The number of ether oxygens (including phenoxy) is 1. The topological polar surface area (TPSA) is 89.8 Å². The molecule has 0 saturated carbocycles. The highest BCUT2D eigenvalue weighted by molar-refractivity contribution is 7.91. The third kappa shape index (κ3) is 3.54. The van der Waals surface area contributed by atoms with Crippen LogP contribution in [0.25, 0.3) is 0 Å². The highest BCUT2D eigenvalue weighted by Crippen LogP contribution is 2.38. The first-order valence-electron chi connectivity index (χ1n) is 6.41. The van der Waals surface area contributed by atoms with E-state index in [1.54, 1.807) is 0 Å². The van der Waals surface area contributed by atoms with E-state index in [9.17, 15) is 18.5 Å². The average molecular weight is 355 g/mol. The molecule has 0 aromatic carbocycles. The van der Waals surface area contributed by atoms with Crippen LogP contribution in [0.1, 0.15) is 19.8 Å². The number of piperidine rings is 1. The zero-order chi connectivity index (χ0) is 15.6. The molecule has 1 aliphatic rings. The van der Waals surface area contributed by atoms with E-state index in [4.69, 9.17) is 16.3 Å². The van der Waals surface area contributed by atoms with Gasteiger partial charge in [0.05, 0.1) is 11.0 Å². The summed E-state index contributed by atoms with van der Waals surface area (Å²) in [7, 11) is -3.73. The Kier molecular flexibility index (Phi) is 5.20. The first kappa shape index (κ1) is 16.6. The number of nitro groups is 1. The fourth-order valence-electron chi connectivity index (χ4n) is 2.19. The second-order valence-electron chi connectivity index (χ2n) is 4.54. The third-order valence-corrected chi connectivity index (χ3v) is 6.93. The zero-order valence-corrected chi connectivity index (χ0v) is 13.7. The minimum Gasteiger partial charge on any atom is -0.378 e. The van der Waals surface area contributed by atoms with Gasteiger partial charge in [-0.1, -0.05) is 11.6 Å². The lowest BCUT2D eigenvalue weighted by Gasteiger charge is -2.30. The lowest BCUT2D eigenvalue weighted by atomic mass is 10.1. The lowest BCUT2D eigenvalue weighted by Crippen LogP contribution is -2.40. The highest BCUT2D eigenvalue weighted by Gasteiger charge is 2.33. The molecule has 0 unspecified atom stereocenters. The first-order chi connectivity index (χ1) is 9.86. The predicted octanol–water partition coefficient (Wildman–Crippen LogP) is 2.50. The van der Waals surface area contributed by atoms with Crippen LogP contribution < -0.4 is 0 Å². The smallest absolute Gasteiger partial charge is 0.300 e. The monoisotopic (exact) mass is 354 g/mol. The Morgan fingerprint density at radius 2 is 2.14 bits per heavy atom. The summed E-state index contributed by atoms with van der Waals surface area (Å²) in [5.74, 6) is 0. The molecule has 0 aliphatic carbocycles. The van der Waals surface area contributed by atoms with Gasteiger partial charge in [-0.05, 0) is 19.8 Å². The van der Waals surface area contributed by atoms with Gasteiger partial charge in [0.15, 0.2) is 4.34 Å². The summed E-state index contributed by atoms with van der Waals surface area (Å²) in [6, 6.07) is 1.02. The molecule has 0 bridgehead atoms. The van der Waals surface area contributed by atoms with Crippen molar-refractivity contribution in [1.82, 2.24) is 4.31 Å². The molecule has 2 rings (SSSR count). The van der Waals surface area contributed by atoms with Crippen LogP contribution in [0.2, 0.25) is 4.34 Å². The Balaban J connectivity index is 2.16. The van der Waals surface area contributed by atoms with Crippen LogP contribution in [0.15, 0.2) is 10.3 Å². The molecule has 1 aromatic rings. The number of hydrogen-bond acceptors (Lipinski definition) is 6. The van der Waals surface area contributed by atoms with Gasteiger partial charge in [-0.3, -0.25) is 10.1 Å². The molecule has 21 heavy (non-hydrogen) atoms. The van der Waals surface area contributed by atoms with Crippen LogP contribution in [0, 0.1) is 10.1 Å². The normalized spacial score (nSPS) is 18.0. The molecule has 1 fully saturated rings. The minimum atomic E-state index is -3.73. The number of rotatable bonds is 5. The zero-order valence-electron chi connectivity index (χ0n) is 11.3. The van der Waals surface area contributed by atoms with Crippen molar-refractivity contribution in [2.24, 2.45) is 0 Å². The largest absolute Gasteiger partial charge is 0.378 e. The van der Waals surface area contributed by atoms with E-state index in [2.05, 4.69) is 0 Å². The van der Waals surface area contributed by atoms with Gasteiger partial charge >= 0.3 is 0 Å². The average Bonchev–Trinajstić information content (AvgIpc) is 2.83. The van der Waals surface area contributed by atoms with Crippen molar-refractivity contribution < 1.29 is 18.1 Å². The van der Waals surface area contributed by atoms with Crippen molar-refractivity contribution in [3.63, 3.8) is 0 Å². The van der Waals surface area contributed by atoms with E-state index in [1.807, 2.05) is 6.92 Å². The Bertz CT molecular complexity index is 623. The van der Waals surface area contributed by atoms with Crippen LogP contribution in [0.3, 0.4) is 0 Å². The maximum absolute atomic E-state index is 12.5. The molecule has 0 spiro atoms.